The maximum atomic E-state index is 12.9. The lowest BCUT2D eigenvalue weighted by Crippen LogP contribution is -2.46. The molecule has 0 spiro atoms. The van der Waals surface area contributed by atoms with Crippen LogP contribution in [0.5, 0.6) is 5.75 Å². The van der Waals surface area contributed by atoms with Gasteiger partial charge in [-0.05, 0) is 44.7 Å². The van der Waals surface area contributed by atoms with Gasteiger partial charge in [0.25, 0.3) is 0 Å². The monoisotopic (exact) mass is 472 g/mol. The molecule has 7 heteroatoms. The second-order valence-electron chi connectivity index (χ2n) is 8.19. The van der Waals surface area contributed by atoms with Gasteiger partial charge in [0.2, 0.25) is 5.91 Å². The molecule has 2 aromatic carbocycles. The van der Waals surface area contributed by atoms with Crippen LogP contribution in [0.1, 0.15) is 18.1 Å². The van der Waals surface area contributed by atoms with Crippen LogP contribution in [0, 0.1) is 6.92 Å². The number of halogens is 2. The largest absolute Gasteiger partial charge is 0.496 e. The van der Waals surface area contributed by atoms with Crippen molar-refractivity contribution < 1.29 is 13.9 Å². The van der Waals surface area contributed by atoms with E-state index in [0.717, 1.165) is 65.0 Å². The van der Waals surface area contributed by atoms with Crippen molar-refractivity contribution in [1.29, 1.82) is 0 Å². The summed E-state index contributed by atoms with van der Waals surface area (Å²) in [5.41, 5.74) is 4.99. The summed E-state index contributed by atoms with van der Waals surface area (Å²) in [6, 6.07) is 7.41. The first-order valence-electron chi connectivity index (χ1n) is 10.5. The Morgan fingerprint density at radius 1 is 1.12 bits per heavy atom. The number of allylic oxidation sites excluding steroid dienone is 1. The van der Waals surface area contributed by atoms with Crippen molar-refractivity contribution in [3.63, 3.8) is 0 Å². The number of carbonyl (C=O) groups is 1. The standard InChI is InChI=1S/C25H26Cl2N2O3/c1-15(11-23(30)29-9-7-28(3)8-10-29)19-13-20-21(18-6-5-17(26)12-22(18)27)14-32-25(20)16(2)24(19)31-4/h5-6,11-14H,7-10H2,1-4H3/b15-11+. The third-order valence-corrected chi connectivity index (χ3v) is 6.60. The van der Waals surface area contributed by atoms with Crippen molar-refractivity contribution in [3.8, 4) is 16.9 Å². The third kappa shape index (κ3) is 4.25. The Bertz CT molecular complexity index is 1210. The summed E-state index contributed by atoms with van der Waals surface area (Å²) in [6.07, 6.45) is 3.40. The van der Waals surface area contributed by atoms with Crippen molar-refractivity contribution in [2.75, 3.05) is 40.3 Å². The summed E-state index contributed by atoms with van der Waals surface area (Å²) < 4.78 is 11.6. The Hall–Kier alpha value is -2.47. The van der Waals surface area contributed by atoms with E-state index in [9.17, 15) is 4.79 Å². The summed E-state index contributed by atoms with van der Waals surface area (Å²) in [7, 11) is 3.70. The number of carbonyl (C=O) groups excluding carboxylic acids is 1. The van der Waals surface area contributed by atoms with E-state index >= 15 is 0 Å². The molecule has 0 radical (unpaired) electrons. The molecule has 1 fully saturated rings. The molecule has 0 N–H and O–H groups in total. The minimum absolute atomic E-state index is 0.0172. The van der Waals surface area contributed by atoms with Crippen LogP contribution in [0.3, 0.4) is 0 Å². The molecule has 0 saturated carbocycles. The lowest BCUT2D eigenvalue weighted by molar-refractivity contribution is -0.127. The van der Waals surface area contributed by atoms with Gasteiger partial charge in [-0.1, -0.05) is 29.3 Å². The fourth-order valence-electron chi connectivity index (χ4n) is 4.17. The quantitative estimate of drug-likeness (QED) is 0.443. The van der Waals surface area contributed by atoms with Crippen molar-refractivity contribution in [2.45, 2.75) is 13.8 Å². The molecule has 0 unspecified atom stereocenters. The van der Waals surface area contributed by atoms with Crippen LogP contribution in [-0.4, -0.2) is 56.0 Å². The van der Waals surface area contributed by atoms with E-state index in [0.29, 0.717) is 15.8 Å². The van der Waals surface area contributed by atoms with Crippen LogP contribution in [0.2, 0.25) is 10.0 Å². The van der Waals surface area contributed by atoms with E-state index in [1.54, 1.807) is 31.6 Å². The number of hydrogen-bond donors (Lipinski definition) is 0. The lowest BCUT2D eigenvalue weighted by Gasteiger charge is -2.31. The fourth-order valence-corrected chi connectivity index (χ4v) is 4.68. The highest BCUT2D eigenvalue weighted by Crippen LogP contribution is 2.42. The SMILES string of the molecule is COc1c(/C(C)=C/C(=O)N2CCN(C)CC2)cc2c(-c3ccc(Cl)cc3Cl)coc2c1C. The van der Waals surface area contributed by atoms with E-state index in [1.807, 2.05) is 30.9 Å². The molecule has 32 heavy (non-hydrogen) atoms. The van der Waals surface area contributed by atoms with Crippen LogP contribution in [0.15, 0.2) is 41.0 Å². The molecule has 4 rings (SSSR count). The van der Waals surface area contributed by atoms with Gasteiger partial charge in [0.15, 0.2) is 0 Å². The minimum atomic E-state index is 0.0172. The normalized spacial score (nSPS) is 15.4. The zero-order valence-electron chi connectivity index (χ0n) is 18.7. The Kier molecular flexibility index (Phi) is 6.52. The van der Waals surface area contributed by atoms with Gasteiger partial charge in [0.1, 0.15) is 11.3 Å². The van der Waals surface area contributed by atoms with Gasteiger partial charge >= 0.3 is 0 Å². The molecular formula is C25H26Cl2N2O3. The number of benzene rings is 2. The van der Waals surface area contributed by atoms with Gasteiger partial charge in [-0.25, -0.2) is 0 Å². The minimum Gasteiger partial charge on any atom is -0.496 e. The molecule has 1 amide bonds. The number of rotatable bonds is 4. The van der Waals surface area contributed by atoms with Gasteiger partial charge in [-0.15, -0.1) is 0 Å². The number of aryl methyl sites for hydroxylation is 1. The molecule has 0 atom stereocenters. The van der Waals surface area contributed by atoms with Crippen molar-refractivity contribution in [1.82, 2.24) is 9.80 Å². The number of nitrogens with zero attached hydrogens (tertiary/aromatic N) is 2. The molecule has 1 aromatic heterocycles. The molecule has 1 aliphatic rings. The summed E-state index contributed by atoms with van der Waals surface area (Å²) in [5, 5.41) is 2.03. The van der Waals surface area contributed by atoms with Crippen LogP contribution in [-0.2, 0) is 4.79 Å². The number of methoxy groups -OCH3 is 1. The summed E-state index contributed by atoms with van der Waals surface area (Å²) in [5.74, 6) is 0.712. The summed E-state index contributed by atoms with van der Waals surface area (Å²) in [4.78, 5) is 17.0. The molecule has 168 valence electrons. The molecule has 0 aliphatic carbocycles. The van der Waals surface area contributed by atoms with Crippen LogP contribution in [0.4, 0.5) is 0 Å². The van der Waals surface area contributed by atoms with Gasteiger partial charge in [-0.2, -0.15) is 0 Å². The number of hydrogen-bond acceptors (Lipinski definition) is 4. The summed E-state index contributed by atoms with van der Waals surface area (Å²) >= 11 is 12.5. The molecule has 1 saturated heterocycles. The second kappa shape index (κ2) is 9.18. The van der Waals surface area contributed by atoms with Crippen molar-refractivity contribution in [3.05, 3.63) is 57.8 Å². The molecular weight excluding hydrogens is 447 g/mol. The molecule has 5 nitrogen and oxygen atoms in total. The highest BCUT2D eigenvalue weighted by Gasteiger charge is 2.21. The Morgan fingerprint density at radius 2 is 1.84 bits per heavy atom. The Labute approximate surface area is 198 Å². The lowest BCUT2D eigenvalue weighted by atomic mass is 9.96. The average molecular weight is 473 g/mol. The molecule has 0 bridgehead atoms. The first-order valence-corrected chi connectivity index (χ1v) is 11.3. The number of likely N-dealkylation sites (N-methyl/N-ethyl adjacent to an activating group) is 1. The predicted molar refractivity (Wildman–Crippen MR) is 131 cm³/mol. The Morgan fingerprint density at radius 3 is 2.50 bits per heavy atom. The third-order valence-electron chi connectivity index (χ3n) is 6.05. The molecule has 1 aliphatic heterocycles. The topological polar surface area (TPSA) is 45.9 Å². The zero-order chi connectivity index (χ0) is 23.0. The van der Waals surface area contributed by atoms with E-state index in [2.05, 4.69) is 11.9 Å². The maximum Gasteiger partial charge on any atom is 0.246 e. The number of ether oxygens (including phenoxy) is 1. The van der Waals surface area contributed by atoms with Crippen LogP contribution >= 0.6 is 23.2 Å². The smallest absolute Gasteiger partial charge is 0.246 e. The van der Waals surface area contributed by atoms with Crippen molar-refractivity contribution >= 4 is 45.7 Å². The number of piperazine rings is 1. The van der Waals surface area contributed by atoms with E-state index < -0.39 is 0 Å². The van der Waals surface area contributed by atoms with Crippen molar-refractivity contribution in [2.24, 2.45) is 0 Å². The van der Waals surface area contributed by atoms with E-state index in [1.165, 1.54) is 0 Å². The highest BCUT2D eigenvalue weighted by atomic mass is 35.5. The van der Waals surface area contributed by atoms with Crippen LogP contribution in [0.25, 0.3) is 27.7 Å². The highest BCUT2D eigenvalue weighted by molar-refractivity contribution is 6.36. The second-order valence-corrected chi connectivity index (χ2v) is 9.03. The fraction of sp³-hybridized carbons (Fsp3) is 0.320. The van der Waals surface area contributed by atoms with Gasteiger partial charge < -0.3 is 19.0 Å². The zero-order valence-corrected chi connectivity index (χ0v) is 20.2. The van der Waals surface area contributed by atoms with Gasteiger partial charge in [-0.3, -0.25) is 4.79 Å². The average Bonchev–Trinajstić information content (AvgIpc) is 3.18. The Balaban J connectivity index is 1.79. The summed E-state index contributed by atoms with van der Waals surface area (Å²) in [6.45, 7) is 7.12. The van der Waals surface area contributed by atoms with Gasteiger partial charge in [0, 0.05) is 64.9 Å². The first-order chi connectivity index (χ1) is 15.3. The maximum absolute atomic E-state index is 12.9. The van der Waals surface area contributed by atoms with Gasteiger partial charge in [0.05, 0.1) is 18.4 Å². The van der Waals surface area contributed by atoms with E-state index in [-0.39, 0.29) is 5.91 Å². The number of fused-ring (bicyclic) bond motifs is 1. The number of amides is 1. The van der Waals surface area contributed by atoms with Crippen LogP contribution < -0.4 is 4.74 Å². The number of furan rings is 1. The molecule has 3 aromatic rings. The van der Waals surface area contributed by atoms with E-state index in [4.69, 9.17) is 32.4 Å². The molecule has 2 heterocycles. The first kappa shape index (κ1) is 22.7. The predicted octanol–water partition coefficient (Wildman–Crippen LogP) is 5.90.